The lowest BCUT2D eigenvalue weighted by Crippen LogP contribution is -2.49. The predicted molar refractivity (Wildman–Crippen MR) is 62.3 cm³/mol. The van der Waals surface area contributed by atoms with Gasteiger partial charge in [-0.15, -0.1) is 0 Å². The zero-order valence-corrected chi connectivity index (χ0v) is 9.96. The number of carboxylic acids is 1. The number of likely N-dealkylation sites (tertiary alicyclic amines) is 1. The van der Waals surface area contributed by atoms with Crippen molar-refractivity contribution in [2.75, 3.05) is 6.54 Å². The Morgan fingerprint density at radius 2 is 2.47 bits per heavy atom. The Labute approximate surface area is 100 Å². The molecular weight excluding hydrogens is 218 g/mol. The van der Waals surface area contributed by atoms with Crippen molar-refractivity contribution in [3.8, 4) is 0 Å². The average Bonchev–Trinajstić information content (AvgIpc) is 2.74. The van der Waals surface area contributed by atoms with Crippen LogP contribution >= 0.6 is 0 Å². The molecule has 1 aromatic rings. The molecule has 1 N–H and O–H groups in total. The molecule has 0 bridgehead atoms. The number of hydrogen-bond donors (Lipinski definition) is 1. The van der Waals surface area contributed by atoms with Gasteiger partial charge < -0.3 is 5.11 Å². The Morgan fingerprint density at radius 1 is 1.65 bits per heavy atom. The number of nitrogens with zero attached hydrogens (tertiary/aromatic N) is 3. The van der Waals surface area contributed by atoms with Gasteiger partial charge in [0.05, 0.1) is 5.69 Å². The summed E-state index contributed by atoms with van der Waals surface area (Å²) in [7, 11) is 0. The van der Waals surface area contributed by atoms with Gasteiger partial charge in [-0.2, -0.15) is 0 Å². The van der Waals surface area contributed by atoms with E-state index in [1.807, 2.05) is 17.9 Å². The first kappa shape index (κ1) is 12.0. The van der Waals surface area contributed by atoms with E-state index in [-0.39, 0.29) is 0 Å². The summed E-state index contributed by atoms with van der Waals surface area (Å²) in [4.78, 5) is 21.5. The van der Waals surface area contributed by atoms with E-state index in [9.17, 15) is 9.90 Å². The van der Waals surface area contributed by atoms with Gasteiger partial charge in [0.15, 0.2) is 0 Å². The zero-order valence-electron chi connectivity index (χ0n) is 9.96. The zero-order chi connectivity index (χ0) is 12.3. The van der Waals surface area contributed by atoms with Crippen LogP contribution in [0.15, 0.2) is 18.6 Å². The highest BCUT2D eigenvalue weighted by molar-refractivity contribution is 5.79. The molecule has 2 heterocycles. The van der Waals surface area contributed by atoms with Crippen LogP contribution in [0.25, 0.3) is 0 Å². The van der Waals surface area contributed by atoms with Gasteiger partial charge in [-0.05, 0) is 31.9 Å². The molecule has 0 spiro atoms. The molecule has 5 heteroatoms. The molecule has 0 radical (unpaired) electrons. The van der Waals surface area contributed by atoms with Crippen molar-refractivity contribution in [2.24, 2.45) is 0 Å². The Kier molecular flexibility index (Phi) is 3.38. The summed E-state index contributed by atoms with van der Waals surface area (Å²) in [5, 5.41) is 9.44. The maximum atomic E-state index is 11.5. The minimum absolute atomic E-state index is 0.586. The Morgan fingerprint density at radius 3 is 3.06 bits per heavy atom. The topological polar surface area (TPSA) is 66.3 Å². The second kappa shape index (κ2) is 4.79. The summed E-state index contributed by atoms with van der Waals surface area (Å²) in [6, 6.07) is 1.83. The standard InChI is InChI=1S/C12H17N3O2/c1-2-12(11(16)17)5-3-7-15(12)8-10-4-6-13-9-14-10/h4,6,9H,2-3,5,7-8H2,1H3,(H,16,17). The van der Waals surface area contributed by atoms with E-state index < -0.39 is 11.5 Å². The van der Waals surface area contributed by atoms with Crippen LogP contribution in [0.3, 0.4) is 0 Å². The van der Waals surface area contributed by atoms with Crippen molar-refractivity contribution in [1.29, 1.82) is 0 Å². The number of aliphatic carboxylic acids is 1. The third-order valence-corrected chi connectivity index (χ3v) is 3.60. The minimum atomic E-state index is -0.716. The molecule has 1 unspecified atom stereocenters. The van der Waals surface area contributed by atoms with Gasteiger partial charge in [0.2, 0.25) is 0 Å². The summed E-state index contributed by atoms with van der Waals surface area (Å²) >= 11 is 0. The van der Waals surface area contributed by atoms with Crippen molar-refractivity contribution in [2.45, 2.75) is 38.3 Å². The van der Waals surface area contributed by atoms with E-state index in [0.29, 0.717) is 13.0 Å². The Hall–Kier alpha value is -1.49. The van der Waals surface area contributed by atoms with Crippen LogP contribution in [0.5, 0.6) is 0 Å². The molecule has 92 valence electrons. The number of carboxylic acid groups (broad SMARTS) is 1. The number of rotatable bonds is 4. The number of aromatic nitrogens is 2. The van der Waals surface area contributed by atoms with E-state index in [2.05, 4.69) is 9.97 Å². The van der Waals surface area contributed by atoms with Gasteiger partial charge in [-0.1, -0.05) is 6.92 Å². The largest absolute Gasteiger partial charge is 0.480 e. The van der Waals surface area contributed by atoms with Crippen molar-refractivity contribution < 1.29 is 9.90 Å². The fourth-order valence-electron chi connectivity index (χ4n) is 2.57. The molecule has 0 amide bonds. The lowest BCUT2D eigenvalue weighted by atomic mass is 9.93. The maximum Gasteiger partial charge on any atom is 0.324 e. The summed E-state index contributed by atoms with van der Waals surface area (Å²) in [5.74, 6) is -0.716. The second-order valence-electron chi connectivity index (χ2n) is 4.42. The van der Waals surface area contributed by atoms with Crippen LogP contribution in [0.2, 0.25) is 0 Å². The van der Waals surface area contributed by atoms with Crippen molar-refractivity contribution >= 4 is 5.97 Å². The molecule has 1 saturated heterocycles. The van der Waals surface area contributed by atoms with Crippen LogP contribution in [-0.4, -0.2) is 38.0 Å². The van der Waals surface area contributed by atoms with Crippen molar-refractivity contribution in [3.63, 3.8) is 0 Å². The third-order valence-electron chi connectivity index (χ3n) is 3.60. The lowest BCUT2D eigenvalue weighted by molar-refractivity contribution is -0.150. The third kappa shape index (κ3) is 2.15. The first-order chi connectivity index (χ1) is 8.19. The highest BCUT2D eigenvalue weighted by Crippen LogP contribution is 2.33. The van der Waals surface area contributed by atoms with E-state index in [4.69, 9.17) is 0 Å². The van der Waals surface area contributed by atoms with Gasteiger partial charge >= 0.3 is 5.97 Å². The predicted octanol–water partition coefficient (Wildman–Crippen LogP) is 1.31. The van der Waals surface area contributed by atoms with Gasteiger partial charge in [0, 0.05) is 12.7 Å². The van der Waals surface area contributed by atoms with Gasteiger partial charge in [-0.25, -0.2) is 9.97 Å². The average molecular weight is 235 g/mol. The Balaban J connectivity index is 2.17. The molecule has 1 aliphatic heterocycles. The first-order valence-electron chi connectivity index (χ1n) is 5.92. The van der Waals surface area contributed by atoms with Crippen LogP contribution in [0, 0.1) is 0 Å². The fraction of sp³-hybridized carbons (Fsp3) is 0.583. The Bertz CT molecular complexity index is 396. The first-order valence-corrected chi connectivity index (χ1v) is 5.92. The van der Waals surface area contributed by atoms with Gasteiger partial charge in [0.1, 0.15) is 11.9 Å². The molecule has 1 aromatic heterocycles. The van der Waals surface area contributed by atoms with Gasteiger partial charge in [0.25, 0.3) is 0 Å². The normalized spacial score (nSPS) is 25.0. The summed E-state index contributed by atoms with van der Waals surface area (Å²) in [6.07, 6.45) is 5.48. The molecule has 17 heavy (non-hydrogen) atoms. The maximum absolute atomic E-state index is 11.5. The molecule has 1 fully saturated rings. The van der Waals surface area contributed by atoms with E-state index in [1.165, 1.54) is 6.33 Å². The molecule has 2 rings (SSSR count). The SMILES string of the molecule is CCC1(C(=O)O)CCCN1Cc1ccncn1. The summed E-state index contributed by atoms with van der Waals surface area (Å²) < 4.78 is 0. The molecule has 0 aliphatic carbocycles. The van der Waals surface area contributed by atoms with Gasteiger partial charge in [-0.3, -0.25) is 9.69 Å². The second-order valence-corrected chi connectivity index (χ2v) is 4.42. The fourth-order valence-corrected chi connectivity index (χ4v) is 2.57. The molecular formula is C12H17N3O2. The molecule has 1 atom stereocenters. The molecule has 5 nitrogen and oxygen atoms in total. The van der Waals surface area contributed by atoms with Crippen LogP contribution in [0.1, 0.15) is 31.9 Å². The van der Waals surface area contributed by atoms with Crippen LogP contribution in [0.4, 0.5) is 0 Å². The number of hydrogen-bond acceptors (Lipinski definition) is 4. The van der Waals surface area contributed by atoms with Crippen LogP contribution in [-0.2, 0) is 11.3 Å². The molecule has 0 aromatic carbocycles. The lowest BCUT2D eigenvalue weighted by Gasteiger charge is -2.33. The molecule has 1 aliphatic rings. The molecule has 0 saturated carbocycles. The minimum Gasteiger partial charge on any atom is -0.480 e. The van der Waals surface area contributed by atoms with E-state index in [0.717, 1.165) is 25.1 Å². The van der Waals surface area contributed by atoms with E-state index >= 15 is 0 Å². The monoisotopic (exact) mass is 235 g/mol. The van der Waals surface area contributed by atoms with Crippen molar-refractivity contribution in [3.05, 3.63) is 24.3 Å². The summed E-state index contributed by atoms with van der Waals surface area (Å²) in [5.41, 5.74) is 0.172. The smallest absolute Gasteiger partial charge is 0.324 e. The van der Waals surface area contributed by atoms with Crippen LogP contribution < -0.4 is 0 Å². The summed E-state index contributed by atoms with van der Waals surface area (Å²) in [6.45, 7) is 3.35. The number of carbonyl (C=O) groups is 1. The van der Waals surface area contributed by atoms with Crippen molar-refractivity contribution in [1.82, 2.24) is 14.9 Å². The highest BCUT2D eigenvalue weighted by Gasteiger charge is 2.45. The van der Waals surface area contributed by atoms with E-state index in [1.54, 1.807) is 6.20 Å². The quantitative estimate of drug-likeness (QED) is 0.852. The highest BCUT2D eigenvalue weighted by atomic mass is 16.4.